The highest BCUT2D eigenvalue weighted by Crippen LogP contribution is 2.33. The Morgan fingerprint density at radius 1 is 1.14 bits per heavy atom. The summed E-state index contributed by atoms with van der Waals surface area (Å²) < 4.78 is 2.43. The van der Waals surface area contributed by atoms with Crippen molar-refractivity contribution >= 4 is 27.5 Å². The van der Waals surface area contributed by atoms with Crippen molar-refractivity contribution in [3.05, 3.63) is 76.7 Å². The molecule has 0 saturated carbocycles. The van der Waals surface area contributed by atoms with Crippen LogP contribution in [0.15, 0.2) is 59.9 Å². The molecule has 0 fully saturated rings. The van der Waals surface area contributed by atoms with Crippen molar-refractivity contribution in [2.24, 2.45) is 0 Å². The molecule has 1 unspecified atom stereocenters. The molecule has 8 heteroatoms. The molecule has 1 aliphatic heterocycles. The molecule has 1 aromatic carbocycles. The van der Waals surface area contributed by atoms with E-state index >= 15 is 0 Å². The molecule has 4 heterocycles. The molecule has 4 aromatic rings. The molecule has 1 aliphatic rings. The van der Waals surface area contributed by atoms with Crippen LogP contribution < -0.4 is 0 Å². The van der Waals surface area contributed by atoms with Crippen molar-refractivity contribution in [1.82, 2.24) is 29.5 Å². The van der Waals surface area contributed by atoms with Gasteiger partial charge in [-0.1, -0.05) is 18.2 Å². The molecule has 0 spiro atoms. The first-order valence-electron chi connectivity index (χ1n) is 9.30. The van der Waals surface area contributed by atoms with E-state index in [-0.39, 0.29) is 11.9 Å². The predicted molar refractivity (Wildman–Crippen MR) is 111 cm³/mol. The Kier molecular flexibility index (Phi) is 4.35. The topological polar surface area (TPSA) is 76.3 Å². The van der Waals surface area contributed by atoms with Gasteiger partial charge in [-0.15, -0.1) is 0 Å². The lowest BCUT2D eigenvalue weighted by Gasteiger charge is -2.35. The third-order valence-corrected chi connectivity index (χ3v) is 5.75. The lowest BCUT2D eigenvalue weighted by atomic mass is 9.90. The zero-order valence-electron chi connectivity index (χ0n) is 15.7. The fourth-order valence-corrected chi connectivity index (χ4v) is 4.14. The van der Waals surface area contributed by atoms with E-state index in [1.54, 1.807) is 23.0 Å². The van der Waals surface area contributed by atoms with Crippen LogP contribution in [0.2, 0.25) is 0 Å². The fourth-order valence-electron chi connectivity index (χ4n) is 3.84. The highest BCUT2D eigenvalue weighted by Gasteiger charge is 2.30. The minimum atomic E-state index is -0.0784. The van der Waals surface area contributed by atoms with Gasteiger partial charge in [-0.05, 0) is 46.0 Å². The number of amides is 1. The Morgan fingerprint density at radius 3 is 2.79 bits per heavy atom. The van der Waals surface area contributed by atoms with E-state index in [1.807, 2.05) is 17.3 Å². The molecule has 1 atom stereocenters. The predicted octanol–water partition coefficient (Wildman–Crippen LogP) is 3.71. The zero-order chi connectivity index (χ0) is 20.0. The molecular weight excluding hydrogens is 432 g/mol. The molecule has 5 rings (SSSR count). The van der Waals surface area contributed by atoms with Crippen LogP contribution in [0.4, 0.5) is 0 Å². The Labute approximate surface area is 175 Å². The van der Waals surface area contributed by atoms with Crippen LogP contribution in [-0.4, -0.2) is 41.9 Å². The van der Waals surface area contributed by atoms with Gasteiger partial charge in [0.1, 0.15) is 6.33 Å². The van der Waals surface area contributed by atoms with Gasteiger partial charge in [-0.3, -0.25) is 4.79 Å². The molecule has 144 valence electrons. The minimum Gasteiger partial charge on any atom is -0.330 e. The average Bonchev–Trinajstić information content (AvgIpc) is 3.17. The number of carbonyl (C=O) groups excluding carboxylic acids is 1. The van der Waals surface area contributed by atoms with Crippen LogP contribution in [0.25, 0.3) is 16.8 Å². The maximum atomic E-state index is 13.2. The van der Waals surface area contributed by atoms with E-state index in [0.29, 0.717) is 17.9 Å². The number of hydrogen-bond acceptors (Lipinski definition) is 5. The van der Waals surface area contributed by atoms with Crippen LogP contribution in [-0.2, 0) is 6.42 Å². The van der Waals surface area contributed by atoms with E-state index in [2.05, 4.69) is 61.1 Å². The van der Waals surface area contributed by atoms with E-state index < -0.39 is 0 Å². The van der Waals surface area contributed by atoms with Gasteiger partial charge in [0.25, 0.3) is 5.91 Å². The summed E-state index contributed by atoms with van der Waals surface area (Å²) in [6.45, 7) is 2.71. The summed E-state index contributed by atoms with van der Waals surface area (Å²) in [4.78, 5) is 27.5. The first-order chi connectivity index (χ1) is 14.1. The molecule has 1 amide bonds. The van der Waals surface area contributed by atoms with E-state index in [9.17, 15) is 4.79 Å². The zero-order valence-corrected chi connectivity index (χ0v) is 17.2. The standard InChI is InChI=1S/C21H17BrN6O/c1-13-18-3-2-14(16-8-23-12-24-9-16)6-15(18)4-5-27(13)21(29)19-7-20-25-10-17(22)11-28(20)26-19/h2-3,6-13H,4-5H2,1H3. The quantitative estimate of drug-likeness (QED) is 0.467. The van der Waals surface area contributed by atoms with Gasteiger partial charge in [-0.2, -0.15) is 5.10 Å². The molecular formula is C21H17BrN6O. The number of benzene rings is 1. The maximum absolute atomic E-state index is 13.2. The second-order valence-corrected chi connectivity index (χ2v) is 7.99. The third kappa shape index (κ3) is 3.19. The summed E-state index contributed by atoms with van der Waals surface area (Å²) >= 11 is 3.38. The van der Waals surface area contributed by atoms with Gasteiger partial charge in [0.2, 0.25) is 0 Å². The second-order valence-electron chi connectivity index (χ2n) is 7.07. The maximum Gasteiger partial charge on any atom is 0.274 e. The average molecular weight is 449 g/mol. The lowest BCUT2D eigenvalue weighted by Crippen LogP contribution is -2.39. The second kappa shape index (κ2) is 7.04. The van der Waals surface area contributed by atoms with Crippen LogP contribution in [0.5, 0.6) is 0 Å². The lowest BCUT2D eigenvalue weighted by molar-refractivity contribution is 0.0671. The summed E-state index contributed by atoms with van der Waals surface area (Å²) in [5, 5.41) is 4.41. The number of halogens is 1. The number of aromatic nitrogens is 5. The number of carbonyl (C=O) groups is 1. The Bertz CT molecular complexity index is 1220. The van der Waals surface area contributed by atoms with Gasteiger partial charge in [-0.25, -0.2) is 19.5 Å². The van der Waals surface area contributed by atoms with Gasteiger partial charge in [0.15, 0.2) is 11.3 Å². The first kappa shape index (κ1) is 17.9. The number of hydrogen-bond donors (Lipinski definition) is 0. The molecule has 0 bridgehead atoms. The summed E-state index contributed by atoms with van der Waals surface area (Å²) in [6.07, 6.45) is 9.44. The van der Waals surface area contributed by atoms with Crippen LogP contribution in [0.3, 0.4) is 0 Å². The van der Waals surface area contributed by atoms with Crippen LogP contribution in [0.1, 0.15) is 34.6 Å². The summed E-state index contributed by atoms with van der Waals surface area (Å²) in [5.41, 5.74) is 5.55. The van der Waals surface area contributed by atoms with Crippen LogP contribution in [0, 0.1) is 0 Å². The van der Waals surface area contributed by atoms with Crippen molar-refractivity contribution in [3.63, 3.8) is 0 Å². The monoisotopic (exact) mass is 448 g/mol. The fraction of sp³-hybridized carbons (Fsp3) is 0.190. The number of nitrogens with zero attached hydrogens (tertiary/aromatic N) is 6. The Hall–Kier alpha value is -3.13. The summed E-state index contributed by atoms with van der Waals surface area (Å²) in [5.74, 6) is -0.0784. The number of rotatable bonds is 2. The van der Waals surface area contributed by atoms with Crippen molar-refractivity contribution in [2.75, 3.05) is 6.54 Å². The smallest absolute Gasteiger partial charge is 0.274 e. The molecule has 7 nitrogen and oxygen atoms in total. The summed E-state index contributed by atoms with van der Waals surface area (Å²) in [6, 6.07) is 8.05. The third-order valence-electron chi connectivity index (χ3n) is 5.34. The molecule has 29 heavy (non-hydrogen) atoms. The van der Waals surface area contributed by atoms with Gasteiger partial charge >= 0.3 is 0 Å². The van der Waals surface area contributed by atoms with Crippen molar-refractivity contribution in [2.45, 2.75) is 19.4 Å². The normalized spacial score (nSPS) is 16.1. The Balaban J connectivity index is 1.44. The van der Waals surface area contributed by atoms with Crippen molar-refractivity contribution < 1.29 is 4.79 Å². The molecule has 0 N–H and O–H groups in total. The minimum absolute atomic E-state index is 0.0307. The highest BCUT2D eigenvalue weighted by atomic mass is 79.9. The largest absolute Gasteiger partial charge is 0.330 e. The molecule has 0 saturated heterocycles. The highest BCUT2D eigenvalue weighted by molar-refractivity contribution is 9.10. The first-order valence-corrected chi connectivity index (χ1v) is 10.1. The van der Waals surface area contributed by atoms with E-state index in [0.717, 1.165) is 27.6 Å². The van der Waals surface area contributed by atoms with Crippen LogP contribution >= 0.6 is 15.9 Å². The van der Waals surface area contributed by atoms with Crippen molar-refractivity contribution in [3.8, 4) is 11.1 Å². The van der Waals surface area contributed by atoms with E-state index in [4.69, 9.17) is 0 Å². The molecule has 3 aromatic heterocycles. The van der Waals surface area contributed by atoms with Gasteiger partial charge in [0.05, 0.1) is 10.5 Å². The Morgan fingerprint density at radius 2 is 1.97 bits per heavy atom. The molecule has 0 aliphatic carbocycles. The summed E-state index contributed by atoms with van der Waals surface area (Å²) in [7, 11) is 0. The van der Waals surface area contributed by atoms with Gasteiger partial charge in [0, 0.05) is 43.0 Å². The van der Waals surface area contributed by atoms with Gasteiger partial charge < -0.3 is 4.90 Å². The SMILES string of the molecule is CC1c2ccc(-c3cncnc3)cc2CCN1C(=O)c1cc2ncc(Br)cn2n1. The molecule has 0 radical (unpaired) electrons. The van der Waals surface area contributed by atoms with Crippen molar-refractivity contribution in [1.29, 1.82) is 0 Å². The van der Waals surface area contributed by atoms with E-state index in [1.165, 1.54) is 11.9 Å². The number of fused-ring (bicyclic) bond motifs is 2.